The van der Waals surface area contributed by atoms with E-state index in [1.165, 1.54) is 23.9 Å². The Bertz CT molecular complexity index is 866. The number of thioether (sulfide) groups is 1. The van der Waals surface area contributed by atoms with Crippen LogP contribution < -0.4 is 4.90 Å². The molecular formula is C17H15ClFN3OS. The number of imidazole rings is 1. The SMILES string of the molecule is CCN(C(=O)CSc1nc2ccc(Cl)cc2[nH]1)c1ccc(F)cc1. The van der Waals surface area contributed by atoms with Crippen molar-refractivity contribution in [2.24, 2.45) is 0 Å². The molecular weight excluding hydrogens is 349 g/mol. The van der Waals surface area contributed by atoms with Gasteiger partial charge in [0.25, 0.3) is 0 Å². The molecule has 3 rings (SSSR count). The first-order chi connectivity index (χ1) is 11.6. The lowest BCUT2D eigenvalue weighted by Gasteiger charge is -2.20. The van der Waals surface area contributed by atoms with E-state index in [1.807, 2.05) is 13.0 Å². The minimum Gasteiger partial charge on any atom is -0.333 e. The molecule has 0 aliphatic heterocycles. The van der Waals surface area contributed by atoms with E-state index in [0.717, 1.165) is 11.0 Å². The average molecular weight is 364 g/mol. The summed E-state index contributed by atoms with van der Waals surface area (Å²) in [5.74, 6) is -0.149. The predicted molar refractivity (Wildman–Crippen MR) is 96.3 cm³/mol. The van der Waals surface area contributed by atoms with Crippen molar-refractivity contribution in [1.29, 1.82) is 0 Å². The van der Waals surface area contributed by atoms with E-state index < -0.39 is 0 Å². The molecule has 24 heavy (non-hydrogen) atoms. The Morgan fingerprint density at radius 3 is 2.75 bits per heavy atom. The Hall–Kier alpha value is -2.05. The number of carbonyl (C=O) groups is 1. The predicted octanol–water partition coefficient (Wildman–Crippen LogP) is 4.50. The normalized spacial score (nSPS) is 11.0. The Kier molecular flexibility index (Phi) is 5.06. The minimum atomic E-state index is -0.322. The molecule has 0 fully saturated rings. The van der Waals surface area contributed by atoms with Crippen LogP contribution in [-0.2, 0) is 4.79 Å². The van der Waals surface area contributed by atoms with Crippen LogP contribution in [0.15, 0.2) is 47.6 Å². The summed E-state index contributed by atoms with van der Waals surface area (Å²) in [4.78, 5) is 21.6. The van der Waals surface area contributed by atoms with Gasteiger partial charge in [-0.1, -0.05) is 23.4 Å². The Balaban J connectivity index is 1.69. The summed E-state index contributed by atoms with van der Waals surface area (Å²) in [5.41, 5.74) is 2.32. The Morgan fingerprint density at radius 2 is 2.04 bits per heavy atom. The molecule has 0 radical (unpaired) electrons. The highest BCUT2D eigenvalue weighted by molar-refractivity contribution is 7.99. The van der Waals surface area contributed by atoms with E-state index in [0.29, 0.717) is 22.4 Å². The molecule has 0 bridgehead atoms. The van der Waals surface area contributed by atoms with Crippen LogP contribution in [0.4, 0.5) is 10.1 Å². The summed E-state index contributed by atoms with van der Waals surface area (Å²) in [6, 6.07) is 11.3. The molecule has 1 amide bonds. The van der Waals surface area contributed by atoms with Crippen molar-refractivity contribution in [3.8, 4) is 0 Å². The molecule has 2 aromatic carbocycles. The summed E-state index contributed by atoms with van der Waals surface area (Å²) in [6.07, 6.45) is 0. The molecule has 0 spiro atoms. The third-order valence-corrected chi connectivity index (χ3v) is 4.60. The molecule has 124 valence electrons. The summed E-state index contributed by atoms with van der Waals surface area (Å²) in [6.45, 7) is 2.40. The maximum atomic E-state index is 13.0. The number of aromatic amines is 1. The smallest absolute Gasteiger partial charge is 0.237 e. The number of halogens is 2. The van der Waals surface area contributed by atoms with Crippen molar-refractivity contribution >= 4 is 46.0 Å². The van der Waals surface area contributed by atoms with E-state index in [-0.39, 0.29) is 17.5 Å². The van der Waals surface area contributed by atoms with Gasteiger partial charge in [-0.3, -0.25) is 4.79 Å². The zero-order valence-corrected chi connectivity index (χ0v) is 14.5. The highest BCUT2D eigenvalue weighted by Gasteiger charge is 2.15. The molecule has 3 aromatic rings. The second kappa shape index (κ2) is 7.23. The zero-order valence-electron chi connectivity index (χ0n) is 12.9. The number of fused-ring (bicyclic) bond motifs is 1. The number of hydrogen-bond acceptors (Lipinski definition) is 3. The molecule has 4 nitrogen and oxygen atoms in total. The maximum absolute atomic E-state index is 13.0. The minimum absolute atomic E-state index is 0.0624. The van der Waals surface area contributed by atoms with Gasteiger partial charge in [0.05, 0.1) is 16.8 Å². The number of nitrogens with one attached hydrogen (secondary N) is 1. The van der Waals surface area contributed by atoms with Gasteiger partial charge in [-0.15, -0.1) is 0 Å². The first-order valence-corrected chi connectivity index (χ1v) is 8.77. The van der Waals surface area contributed by atoms with Gasteiger partial charge in [-0.25, -0.2) is 9.37 Å². The van der Waals surface area contributed by atoms with Gasteiger partial charge in [-0.2, -0.15) is 0 Å². The second-order valence-electron chi connectivity index (χ2n) is 5.11. The lowest BCUT2D eigenvalue weighted by Crippen LogP contribution is -2.32. The van der Waals surface area contributed by atoms with E-state index in [9.17, 15) is 9.18 Å². The van der Waals surface area contributed by atoms with Crippen LogP contribution in [0.2, 0.25) is 5.02 Å². The van der Waals surface area contributed by atoms with Gasteiger partial charge < -0.3 is 9.88 Å². The molecule has 1 aromatic heterocycles. The molecule has 0 aliphatic rings. The van der Waals surface area contributed by atoms with Crippen molar-refractivity contribution in [3.63, 3.8) is 0 Å². The highest BCUT2D eigenvalue weighted by Crippen LogP contribution is 2.23. The summed E-state index contributed by atoms with van der Waals surface area (Å²) < 4.78 is 13.0. The van der Waals surface area contributed by atoms with Crippen molar-refractivity contribution < 1.29 is 9.18 Å². The topological polar surface area (TPSA) is 49.0 Å². The number of H-pyrrole nitrogens is 1. The molecule has 0 atom stereocenters. The van der Waals surface area contributed by atoms with Gasteiger partial charge in [0.15, 0.2) is 5.16 Å². The maximum Gasteiger partial charge on any atom is 0.237 e. The van der Waals surface area contributed by atoms with Crippen molar-refractivity contribution in [1.82, 2.24) is 9.97 Å². The molecule has 0 saturated heterocycles. The van der Waals surface area contributed by atoms with Crippen LogP contribution in [0.3, 0.4) is 0 Å². The van der Waals surface area contributed by atoms with Crippen molar-refractivity contribution in [2.45, 2.75) is 12.1 Å². The molecule has 0 aliphatic carbocycles. The summed E-state index contributed by atoms with van der Waals surface area (Å²) >= 11 is 7.28. The van der Waals surface area contributed by atoms with Gasteiger partial charge in [0.2, 0.25) is 5.91 Å². The van der Waals surface area contributed by atoms with E-state index >= 15 is 0 Å². The zero-order chi connectivity index (χ0) is 17.1. The molecule has 7 heteroatoms. The quantitative estimate of drug-likeness (QED) is 0.679. The van der Waals surface area contributed by atoms with Crippen LogP contribution in [0.25, 0.3) is 11.0 Å². The fourth-order valence-corrected chi connectivity index (χ4v) is 3.29. The highest BCUT2D eigenvalue weighted by atomic mass is 35.5. The van der Waals surface area contributed by atoms with Gasteiger partial charge in [0.1, 0.15) is 5.82 Å². The monoisotopic (exact) mass is 363 g/mol. The summed E-state index contributed by atoms with van der Waals surface area (Å²) in [7, 11) is 0. The van der Waals surface area contributed by atoms with Gasteiger partial charge in [0, 0.05) is 17.3 Å². The van der Waals surface area contributed by atoms with Crippen LogP contribution in [0.1, 0.15) is 6.92 Å². The fraction of sp³-hybridized carbons (Fsp3) is 0.176. The molecule has 0 unspecified atom stereocenters. The van der Waals surface area contributed by atoms with Crippen LogP contribution >= 0.6 is 23.4 Å². The Morgan fingerprint density at radius 1 is 1.29 bits per heavy atom. The van der Waals surface area contributed by atoms with Crippen LogP contribution in [0, 0.1) is 5.82 Å². The number of amides is 1. The third-order valence-electron chi connectivity index (χ3n) is 3.51. The number of nitrogens with zero attached hydrogens (tertiary/aromatic N) is 2. The van der Waals surface area contributed by atoms with Gasteiger partial charge in [-0.05, 0) is 49.4 Å². The first-order valence-electron chi connectivity index (χ1n) is 7.41. The number of anilines is 1. The third kappa shape index (κ3) is 3.71. The molecule has 1 heterocycles. The van der Waals surface area contributed by atoms with E-state index in [1.54, 1.807) is 29.2 Å². The molecule has 0 saturated carbocycles. The number of rotatable bonds is 5. The van der Waals surface area contributed by atoms with E-state index in [2.05, 4.69) is 9.97 Å². The molecule has 1 N–H and O–H groups in total. The second-order valence-corrected chi connectivity index (χ2v) is 6.51. The number of aromatic nitrogens is 2. The number of hydrogen-bond donors (Lipinski definition) is 1. The van der Waals surface area contributed by atoms with Crippen molar-refractivity contribution in [3.05, 3.63) is 53.3 Å². The van der Waals surface area contributed by atoms with Gasteiger partial charge >= 0.3 is 0 Å². The van der Waals surface area contributed by atoms with Crippen LogP contribution in [0.5, 0.6) is 0 Å². The number of carbonyl (C=O) groups excluding carboxylic acids is 1. The summed E-state index contributed by atoms with van der Waals surface area (Å²) in [5, 5.41) is 1.29. The van der Waals surface area contributed by atoms with Crippen LogP contribution in [-0.4, -0.2) is 28.2 Å². The largest absolute Gasteiger partial charge is 0.333 e. The number of benzene rings is 2. The lowest BCUT2D eigenvalue weighted by molar-refractivity contribution is -0.116. The lowest BCUT2D eigenvalue weighted by atomic mass is 10.3. The average Bonchev–Trinajstić information content (AvgIpc) is 2.97. The Labute approximate surface area is 148 Å². The fourth-order valence-electron chi connectivity index (χ4n) is 2.36. The standard InChI is InChI=1S/C17H15ClFN3OS/c1-2-22(13-6-4-12(19)5-7-13)16(23)10-24-17-20-14-8-3-11(18)9-15(14)21-17/h3-9H,2,10H2,1H3,(H,20,21). The first kappa shape index (κ1) is 16.8. The van der Waals surface area contributed by atoms with Crippen molar-refractivity contribution in [2.75, 3.05) is 17.2 Å². The van der Waals surface area contributed by atoms with E-state index in [4.69, 9.17) is 11.6 Å².